The van der Waals surface area contributed by atoms with E-state index >= 15 is 0 Å². The van der Waals surface area contributed by atoms with Crippen LogP contribution in [0.25, 0.3) is 0 Å². The molecule has 0 radical (unpaired) electrons. The third kappa shape index (κ3) is 4.63. The number of rotatable bonds is 6. The molecule has 120 valence electrons. The minimum atomic E-state index is 0.0204. The molecule has 1 aliphatic heterocycles. The zero-order valence-corrected chi connectivity index (χ0v) is 13.7. The van der Waals surface area contributed by atoms with Crippen LogP contribution in [0.15, 0.2) is 30.1 Å². The van der Waals surface area contributed by atoms with E-state index < -0.39 is 0 Å². The van der Waals surface area contributed by atoms with Crippen LogP contribution in [0.4, 0.5) is 0 Å². The van der Waals surface area contributed by atoms with Gasteiger partial charge in [0.25, 0.3) is 0 Å². The highest BCUT2D eigenvalue weighted by atomic mass is 16.1. The number of nitrogens with zero attached hydrogens (tertiary/aromatic N) is 3. The van der Waals surface area contributed by atoms with Crippen molar-refractivity contribution in [1.82, 2.24) is 20.2 Å². The molecule has 0 aromatic carbocycles. The number of aromatic nitrogens is 2. The van der Waals surface area contributed by atoms with Gasteiger partial charge in [0.2, 0.25) is 5.91 Å². The molecule has 1 aliphatic rings. The van der Waals surface area contributed by atoms with Gasteiger partial charge in [0, 0.05) is 31.4 Å². The molecule has 1 N–H and O–H groups in total. The Morgan fingerprint density at radius 2 is 2.09 bits per heavy atom. The molecule has 0 spiro atoms. The van der Waals surface area contributed by atoms with Crippen molar-refractivity contribution >= 4 is 5.91 Å². The molecule has 5 nitrogen and oxygen atoms in total. The van der Waals surface area contributed by atoms with Crippen molar-refractivity contribution in [3.8, 4) is 0 Å². The van der Waals surface area contributed by atoms with Crippen LogP contribution in [0.1, 0.15) is 39.4 Å². The summed E-state index contributed by atoms with van der Waals surface area (Å²) in [5.41, 5.74) is 1.30. The largest absolute Gasteiger partial charge is 0.349 e. The topological polar surface area (TPSA) is 58.1 Å². The lowest BCUT2D eigenvalue weighted by molar-refractivity contribution is -0.124. The highest BCUT2D eigenvalue weighted by Crippen LogP contribution is 2.17. The molecule has 0 aliphatic carbocycles. The monoisotopic (exact) mass is 302 g/mol. The maximum atomic E-state index is 12.0. The first-order valence-corrected chi connectivity index (χ1v) is 8.07. The van der Waals surface area contributed by atoms with Gasteiger partial charge in [-0.1, -0.05) is 26.8 Å². The van der Waals surface area contributed by atoms with Crippen LogP contribution in [0, 0.1) is 5.92 Å². The van der Waals surface area contributed by atoms with E-state index in [0.717, 1.165) is 38.3 Å². The first kappa shape index (κ1) is 16.6. The van der Waals surface area contributed by atoms with Crippen molar-refractivity contribution in [3.05, 3.63) is 35.9 Å². The van der Waals surface area contributed by atoms with Gasteiger partial charge in [-0.15, -0.1) is 0 Å². The van der Waals surface area contributed by atoms with Crippen molar-refractivity contribution in [1.29, 1.82) is 0 Å². The lowest BCUT2D eigenvalue weighted by Gasteiger charge is -2.31. The lowest BCUT2D eigenvalue weighted by atomic mass is 9.99. The first-order chi connectivity index (χ1) is 10.6. The van der Waals surface area contributed by atoms with E-state index in [9.17, 15) is 4.79 Å². The Morgan fingerprint density at radius 3 is 2.73 bits per heavy atom. The Morgan fingerprint density at radius 1 is 1.36 bits per heavy atom. The second kappa shape index (κ2) is 8.03. The maximum absolute atomic E-state index is 12.0. The molecule has 5 heteroatoms. The van der Waals surface area contributed by atoms with E-state index in [1.54, 1.807) is 12.4 Å². The summed E-state index contributed by atoms with van der Waals surface area (Å²) in [6.45, 7) is 8.61. The van der Waals surface area contributed by atoms with E-state index in [0.29, 0.717) is 0 Å². The van der Waals surface area contributed by atoms with Crippen LogP contribution in [0.5, 0.6) is 0 Å². The quantitative estimate of drug-likeness (QED) is 0.818. The van der Waals surface area contributed by atoms with Crippen LogP contribution in [-0.2, 0) is 11.3 Å². The van der Waals surface area contributed by atoms with E-state index in [-0.39, 0.29) is 17.9 Å². The average Bonchev–Trinajstić information content (AvgIpc) is 2.53. The Balaban J connectivity index is 1.96. The normalized spacial score (nSPS) is 17.2. The van der Waals surface area contributed by atoms with E-state index in [4.69, 9.17) is 0 Å². The highest BCUT2D eigenvalue weighted by molar-refractivity contribution is 5.78. The summed E-state index contributed by atoms with van der Waals surface area (Å²) in [5, 5.41) is 3.16. The summed E-state index contributed by atoms with van der Waals surface area (Å²) in [7, 11) is 0. The van der Waals surface area contributed by atoms with Gasteiger partial charge in [-0.25, -0.2) is 9.97 Å². The molecule has 2 rings (SSSR count). The molecule has 1 aromatic heterocycles. The summed E-state index contributed by atoms with van der Waals surface area (Å²) in [6, 6.07) is 1.97. The third-order valence-corrected chi connectivity index (χ3v) is 3.94. The second-order valence-corrected chi connectivity index (χ2v) is 6.07. The van der Waals surface area contributed by atoms with E-state index in [1.165, 1.54) is 5.57 Å². The number of nitrogens with one attached hydrogen (secondary N) is 1. The second-order valence-electron chi connectivity index (χ2n) is 6.07. The molecule has 0 saturated heterocycles. The molecule has 2 heterocycles. The van der Waals surface area contributed by atoms with Crippen molar-refractivity contribution in [2.45, 2.75) is 46.2 Å². The number of carbonyl (C=O) groups excluding carboxylic acids is 1. The van der Waals surface area contributed by atoms with Crippen LogP contribution in [0.2, 0.25) is 0 Å². The molecule has 22 heavy (non-hydrogen) atoms. The highest BCUT2D eigenvalue weighted by Gasteiger charge is 2.22. The van der Waals surface area contributed by atoms with E-state index in [2.05, 4.69) is 33.2 Å². The van der Waals surface area contributed by atoms with Crippen molar-refractivity contribution < 1.29 is 4.79 Å². The molecule has 0 saturated carbocycles. The van der Waals surface area contributed by atoms with Gasteiger partial charge in [0.15, 0.2) is 0 Å². The molecule has 1 atom stereocenters. The van der Waals surface area contributed by atoms with Gasteiger partial charge in [-0.05, 0) is 24.5 Å². The van der Waals surface area contributed by atoms with Gasteiger partial charge < -0.3 is 5.32 Å². The zero-order chi connectivity index (χ0) is 15.9. The van der Waals surface area contributed by atoms with Gasteiger partial charge in [-0.2, -0.15) is 0 Å². The number of amides is 1. The SMILES string of the molecule is CC[C@@H](NC(=O)C(C)C)C1=CCCN(Cc2ncccn2)C1. The lowest BCUT2D eigenvalue weighted by Crippen LogP contribution is -2.42. The van der Waals surface area contributed by atoms with E-state index in [1.807, 2.05) is 19.9 Å². The Hall–Kier alpha value is -1.75. The predicted molar refractivity (Wildman–Crippen MR) is 87.1 cm³/mol. The van der Waals surface area contributed by atoms with Crippen LogP contribution in [0.3, 0.4) is 0 Å². The molecule has 1 amide bonds. The summed E-state index contributed by atoms with van der Waals surface area (Å²) in [4.78, 5) is 22.9. The summed E-state index contributed by atoms with van der Waals surface area (Å²) in [6.07, 6.45) is 7.76. The number of hydrogen-bond acceptors (Lipinski definition) is 4. The standard InChI is InChI=1S/C17H26N4O/c1-4-15(20-17(22)13(2)3)14-7-5-10-21(11-14)12-16-18-8-6-9-19-16/h6-9,13,15H,4-5,10-12H2,1-3H3,(H,20,22)/t15-/m1/s1. The molecule has 0 unspecified atom stereocenters. The van der Waals surface area contributed by atoms with Crippen molar-refractivity contribution in [2.24, 2.45) is 5.92 Å². The van der Waals surface area contributed by atoms with Crippen molar-refractivity contribution in [3.63, 3.8) is 0 Å². The fraction of sp³-hybridized carbons (Fsp3) is 0.588. The van der Waals surface area contributed by atoms with Crippen molar-refractivity contribution in [2.75, 3.05) is 13.1 Å². The maximum Gasteiger partial charge on any atom is 0.223 e. The van der Waals surface area contributed by atoms with Crippen LogP contribution < -0.4 is 5.32 Å². The molecule has 0 fully saturated rings. The average molecular weight is 302 g/mol. The predicted octanol–water partition coefficient (Wildman–Crippen LogP) is 2.16. The summed E-state index contributed by atoms with van der Waals surface area (Å²) in [5.74, 6) is 0.992. The molecule has 0 bridgehead atoms. The Labute approximate surface area is 132 Å². The minimum Gasteiger partial charge on any atom is -0.349 e. The summed E-state index contributed by atoms with van der Waals surface area (Å²) >= 11 is 0. The van der Waals surface area contributed by atoms with Crippen LogP contribution >= 0.6 is 0 Å². The van der Waals surface area contributed by atoms with Gasteiger partial charge in [-0.3, -0.25) is 9.69 Å². The first-order valence-electron chi connectivity index (χ1n) is 8.07. The minimum absolute atomic E-state index is 0.0204. The third-order valence-electron chi connectivity index (χ3n) is 3.94. The summed E-state index contributed by atoms with van der Waals surface area (Å²) < 4.78 is 0. The Bertz CT molecular complexity index is 513. The van der Waals surface area contributed by atoms with Gasteiger partial charge in [0.1, 0.15) is 5.82 Å². The Kier molecular flexibility index (Phi) is 6.07. The molecule has 1 aromatic rings. The molecular formula is C17H26N4O. The molecular weight excluding hydrogens is 276 g/mol. The smallest absolute Gasteiger partial charge is 0.223 e. The van der Waals surface area contributed by atoms with Gasteiger partial charge in [0.05, 0.1) is 12.6 Å². The van der Waals surface area contributed by atoms with Crippen LogP contribution in [-0.4, -0.2) is 39.9 Å². The number of carbonyl (C=O) groups is 1. The number of hydrogen-bond donors (Lipinski definition) is 1. The van der Waals surface area contributed by atoms with Gasteiger partial charge >= 0.3 is 0 Å². The fourth-order valence-corrected chi connectivity index (χ4v) is 2.63. The zero-order valence-electron chi connectivity index (χ0n) is 13.7. The fourth-order valence-electron chi connectivity index (χ4n) is 2.63.